The van der Waals surface area contributed by atoms with Crippen LogP contribution in [0.2, 0.25) is 0 Å². The van der Waals surface area contributed by atoms with Crippen LogP contribution < -0.4 is 10.6 Å². The molecule has 2 fully saturated rings. The average Bonchev–Trinajstić information content (AvgIpc) is 3.34. The van der Waals surface area contributed by atoms with Crippen molar-refractivity contribution in [2.24, 2.45) is 0 Å². The molecule has 1 amide bonds. The van der Waals surface area contributed by atoms with E-state index in [-0.39, 0.29) is 23.6 Å². The van der Waals surface area contributed by atoms with Gasteiger partial charge in [-0.25, -0.2) is 8.78 Å². The minimum Gasteiger partial charge on any atom is -0.360 e. The van der Waals surface area contributed by atoms with Gasteiger partial charge in [-0.2, -0.15) is 0 Å². The molecule has 1 aromatic carbocycles. The van der Waals surface area contributed by atoms with Crippen molar-refractivity contribution < 1.29 is 18.1 Å². The molecule has 7 heteroatoms. The summed E-state index contributed by atoms with van der Waals surface area (Å²) in [4.78, 5) is 12.5. The van der Waals surface area contributed by atoms with Crippen molar-refractivity contribution >= 4 is 5.91 Å². The van der Waals surface area contributed by atoms with Crippen LogP contribution >= 0.6 is 0 Å². The molecule has 1 aromatic heterocycles. The Hall–Kier alpha value is -2.28. The SMILES string of the molecule is O=C(NC1CNCCC1c1ccc(F)c(F)c1)c1cc(C2CC2)on1. The molecule has 2 unspecified atom stereocenters. The first-order valence-electron chi connectivity index (χ1n) is 8.55. The third kappa shape index (κ3) is 3.42. The van der Waals surface area contributed by atoms with Crippen LogP contribution in [0.1, 0.15) is 52.9 Å². The number of aromatic nitrogens is 1. The van der Waals surface area contributed by atoms with E-state index in [1.165, 1.54) is 6.07 Å². The zero-order chi connectivity index (χ0) is 17.4. The second-order valence-corrected chi connectivity index (χ2v) is 6.74. The Morgan fingerprint density at radius 3 is 2.80 bits per heavy atom. The van der Waals surface area contributed by atoms with Crippen LogP contribution in [0.3, 0.4) is 0 Å². The highest BCUT2D eigenvalue weighted by molar-refractivity contribution is 5.92. The fourth-order valence-corrected chi connectivity index (χ4v) is 3.35. The molecule has 132 valence electrons. The molecule has 1 saturated heterocycles. The molecule has 2 aliphatic rings. The molecular weight excluding hydrogens is 328 g/mol. The van der Waals surface area contributed by atoms with Gasteiger partial charge in [-0.05, 0) is 43.5 Å². The second-order valence-electron chi connectivity index (χ2n) is 6.74. The van der Waals surface area contributed by atoms with E-state index in [2.05, 4.69) is 15.8 Å². The number of benzene rings is 1. The number of hydrogen-bond donors (Lipinski definition) is 2. The first-order valence-corrected chi connectivity index (χ1v) is 8.55. The van der Waals surface area contributed by atoms with Crippen molar-refractivity contribution in [3.63, 3.8) is 0 Å². The Balaban J connectivity index is 1.49. The van der Waals surface area contributed by atoms with Crippen LogP contribution in [-0.4, -0.2) is 30.2 Å². The van der Waals surface area contributed by atoms with Gasteiger partial charge in [0.1, 0.15) is 5.76 Å². The molecular formula is C18H19F2N3O2. The van der Waals surface area contributed by atoms with Crippen LogP contribution in [0.5, 0.6) is 0 Å². The molecule has 1 aliphatic carbocycles. The number of nitrogens with one attached hydrogen (secondary N) is 2. The lowest BCUT2D eigenvalue weighted by Crippen LogP contribution is -2.50. The summed E-state index contributed by atoms with van der Waals surface area (Å²) in [5, 5.41) is 10.0. The average molecular weight is 347 g/mol. The van der Waals surface area contributed by atoms with E-state index in [9.17, 15) is 13.6 Å². The summed E-state index contributed by atoms with van der Waals surface area (Å²) >= 11 is 0. The van der Waals surface area contributed by atoms with E-state index in [1.54, 1.807) is 12.1 Å². The Bertz CT molecular complexity index is 788. The van der Waals surface area contributed by atoms with E-state index in [0.717, 1.165) is 37.6 Å². The molecule has 2 atom stereocenters. The fourth-order valence-electron chi connectivity index (χ4n) is 3.35. The van der Waals surface area contributed by atoms with E-state index in [4.69, 9.17) is 4.52 Å². The van der Waals surface area contributed by atoms with Crippen molar-refractivity contribution in [1.82, 2.24) is 15.8 Å². The number of piperidine rings is 1. The summed E-state index contributed by atoms with van der Waals surface area (Å²) in [5.41, 5.74) is 0.945. The topological polar surface area (TPSA) is 67.2 Å². The highest BCUT2D eigenvalue weighted by Crippen LogP contribution is 2.40. The fraction of sp³-hybridized carbons (Fsp3) is 0.444. The highest BCUT2D eigenvalue weighted by atomic mass is 19.2. The Morgan fingerprint density at radius 1 is 1.20 bits per heavy atom. The maximum absolute atomic E-state index is 13.6. The number of carbonyl (C=O) groups excluding carboxylic acids is 1. The largest absolute Gasteiger partial charge is 0.360 e. The second kappa shape index (κ2) is 6.55. The molecule has 2 N–H and O–H groups in total. The van der Waals surface area contributed by atoms with Crippen LogP contribution in [0.15, 0.2) is 28.8 Å². The number of amides is 1. The summed E-state index contributed by atoms with van der Waals surface area (Å²) in [6.07, 6.45) is 2.87. The third-order valence-electron chi connectivity index (χ3n) is 4.91. The van der Waals surface area contributed by atoms with Crippen LogP contribution in [0, 0.1) is 11.6 Å². The molecule has 1 aliphatic heterocycles. The van der Waals surface area contributed by atoms with Gasteiger partial charge in [0.05, 0.1) is 0 Å². The lowest BCUT2D eigenvalue weighted by molar-refractivity contribution is 0.0915. The molecule has 0 radical (unpaired) electrons. The van der Waals surface area contributed by atoms with Crippen LogP contribution in [0.25, 0.3) is 0 Å². The lowest BCUT2D eigenvalue weighted by atomic mass is 9.86. The molecule has 0 bridgehead atoms. The summed E-state index contributed by atoms with van der Waals surface area (Å²) in [5.74, 6) is -0.989. The van der Waals surface area contributed by atoms with Crippen molar-refractivity contribution in [2.75, 3.05) is 13.1 Å². The number of nitrogens with zero attached hydrogens (tertiary/aromatic N) is 1. The smallest absolute Gasteiger partial charge is 0.273 e. The van der Waals surface area contributed by atoms with Crippen LogP contribution in [-0.2, 0) is 0 Å². The van der Waals surface area contributed by atoms with Crippen molar-refractivity contribution in [3.8, 4) is 0 Å². The number of carbonyl (C=O) groups is 1. The van der Waals surface area contributed by atoms with Gasteiger partial charge in [0, 0.05) is 30.5 Å². The van der Waals surface area contributed by atoms with Gasteiger partial charge in [-0.1, -0.05) is 11.2 Å². The number of rotatable bonds is 4. The maximum Gasteiger partial charge on any atom is 0.273 e. The van der Waals surface area contributed by atoms with Gasteiger partial charge in [-0.3, -0.25) is 4.79 Å². The minimum absolute atomic E-state index is 0.0879. The monoisotopic (exact) mass is 347 g/mol. The number of halogens is 2. The molecule has 2 aromatic rings. The summed E-state index contributed by atoms with van der Waals surface area (Å²) in [6.45, 7) is 1.31. The van der Waals surface area contributed by atoms with Crippen molar-refractivity contribution in [3.05, 3.63) is 52.9 Å². The highest BCUT2D eigenvalue weighted by Gasteiger charge is 2.31. The quantitative estimate of drug-likeness (QED) is 0.892. The van der Waals surface area contributed by atoms with Gasteiger partial charge in [0.25, 0.3) is 5.91 Å². The summed E-state index contributed by atoms with van der Waals surface area (Å²) < 4.78 is 32.0. The van der Waals surface area contributed by atoms with Crippen molar-refractivity contribution in [1.29, 1.82) is 0 Å². The van der Waals surface area contributed by atoms with Gasteiger partial charge in [0.2, 0.25) is 0 Å². The maximum atomic E-state index is 13.6. The van der Waals surface area contributed by atoms with Gasteiger partial charge >= 0.3 is 0 Å². The van der Waals surface area contributed by atoms with Gasteiger partial charge < -0.3 is 15.2 Å². The lowest BCUT2D eigenvalue weighted by Gasteiger charge is -2.33. The molecule has 5 nitrogen and oxygen atoms in total. The molecule has 4 rings (SSSR count). The summed E-state index contributed by atoms with van der Waals surface area (Å²) in [6, 6.07) is 5.38. The minimum atomic E-state index is -0.869. The Labute approximate surface area is 143 Å². The van der Waals surface area contributed by atoms with E-state index in [1.807, 2.05) is 0 Å². The van der Waals surface area contributed by atoms with E-state index in [0.29, 0.717) is 18.0 Å². The van der Waals surface area contributed by atoms with Crippen molar-refractivity contribution in [2.45, 2.75) is 37.1 Å². The molecule has 25 heavy (non-hydrogen) atoms. The standard InChI is InChI=1S/C18H19F2N3O2/c19-13-4-3-11(7-14(13)20)12-5-6-21-9-16(12)22-18(24)15-8-17(25-23-15)10-1-2-10/h3-4,7-8,10,12,16,21H,1-2,5-6,9H2,(H,22,24). The Morgan fingerprint density at radius 2 is 2.04 bits per heavy atom. The first-order chi connectivity index (χ1) is 12.1. The number of hydrogen-bond acceptors (Lipinski definition) is 4. The molecule has 0 spiro atoms. The predicted octanol–water partition coefficient (Wildman–Crippen LogP) is 2.71. The van der Waals surface area contributed by atoms with E-state index < -0.39 is 11.6 Å². The third-order valence-corrected chi connectivity index (χ3v) is 4.91. The van der Waals surface area contributed by atoms with E-state index >= 15 is 0 Å². The van der Waals surface area contributed by atoms with Crippen LogP contribution in [0.4, 0.5) is 8.78 Å². The van der Waals surface area contributed by atoms with Gasteiger partial charge in [0.15, 0.2) is 17.3 Å². The molecule has 1 saturated carbocycles. The zero-order valence-corrected chi connectivity index (χ0v) is 13.6. The normalized spacial score (nSPS) is 23.4. The van der Waals surface area contributed by atoms with Gasteiger partial charge in [-0.15, -0.1) is 0 Å². The first kappa shape index (κ1) is 16.2. The molecule has 2 heterocycles. The Kier molecular flexibility index (Phi) is 4.25. The predicted molar refractivity (Wildman–Crippen MR) is 86.3 cm³/mol. The summed E-state index contributed by atoms with van der Waals surface area (Å²) in [7, 11) is 0. The zero-order valence-electron chi connectivity index (χ0n) is 13.6.